The highest BCUT2D eigenvalue weighted by Gasteiger charge is 2.54. The van der Waals surface area contributed by atoms with E-state index in [1.165, 1.54) is 4.88 Å². The second kappa shape index (κ2) is 5.99. The number of amides is 1. The van der Waals surface area contributed by atoms with Crippen LogP contribution in [0.2, 0.25) is 0 Å². The summed E-state index contributed by atoms with van der Waals surface area (Å²) in [7, 11) is 1.82. The number of hydrogen-bond acceptors (Lipinski definition) is 5. The maximum Gasteiger partial charge on any atom is 0.307 e. The van der Waals surface area contributed by atoms with E-state index in [0.717, 1.165) is 37.8 Å². The lowest BCUT2D eigenvalue weighted by atomic mass is 9.84. The fourth-order valence-electron chi connectivity index (χ4n) is 3.64. The topological polar surface area (TPSA) is 59.5 Å². The van der Waals surface area contributed by atoms with Gasteiger partial charge in [0.25, 0.3) is 0 Å². The predicted molar refractivity (Wildman–Crippen MR) is 83.6 cm³/mol. The van der Waals surface area contributed by atoms with Crippen molar-refractivity contribution in [2.45, 2.75) is 51.0 Å². The Morgan fingerprint density at radius 3 is 2.86 bits per heavy atom. The first kappa shape index (κ1) is 15.5. The normalized spacial score (nSPS) is 23.0. The number of rotatable bonds is 4. The van der Waals surface area contributed by atoms with Gasteiger partial charge in [-0.05, 0) is 32.6 Å². The Bertz CT molecular complexity index is 578. The molecule has 1 aliphatic carbocycles. The molecule has 1 spiro atoms. The van der Waals surface area contributed by atoms with Crippen molar-refractivity contribution in [3.63, 3.8) is 0 Å². The molecule has 1 atom stereocenters. The Morgan fingerprint density at radius 1 is 1.50 bits per heavy atom. The number of likely N-dealkylation sites (N-methyl/N-ethyl adjacent to an activating group) is 1. The van der Waals surface area contributed by atoms with Gasteiger partial charge in [0.1, 0.15) is 5.60 Å². The van der Waals surface area contributed by atoms with E-state index in [-0.39, 0.29) is 24.2 Å². The third kappa shape index (κ3) is 2.76. The van der Waals surface area contributed by atoms with Gasteiger partial charge in [0, 0.05) is 24.9 Å². The first-order valence-electron chi connectivity index (χ1n) is 7.87. The van der Waals surface area contributed by atoms with E-state index in [9.17, 15) is 9.59 Å². The first-order chi connectivity index (χ1) is 10.5. The van der Waals surface area contributed by atoms with E-state index in [1.807, 2.05) is 19.5 Å². The van der Waals surface area contributed by atoms with Crippen LogP contribution in [-0.4, -0.2) is 41.0 Å². The molecule has 2 heterocycles. The van der Waals surface area contributed by atoms with Crippen molar-refractivity contribution < 1.29 is 14.3 Å². The van der Waals surface area contributed by atoms with Crippen molar-refractivity contribution >= 4 is 23.2 Å². The molecule has 1 saturated heterocycles. The molecule has 1 amide bonds. The second-order valence-corrected chi connectivity index (χ2v) is 7.31. The maximum atomic E-state index is 12.8. The zero-order valence-electron chi connectivity index (χ0n) is 13.1. The summed E-state index contributed by atoms with van der Waals surface area (Å²) in [5.74, 6) is -0.461. The van der Waals surface area contributed by atoms with Crippen molar-refractivity contribution in [2.24, 2.45) is 5.92 Å². The van der Waals surface area contributed by atoms with Crippen molar-refractivity contribution in [3.8, 4) is 0 Å². The molecular formula is C16H22N2O3S. The Labute approximate surface area is 134 Å². The number of ether oxygens (including phenoxy) is 1. The second-order valence-electron chi connectivity index (χ2n) is 6.37. The molecule has 1 saturated carbocycles. The lowest BCUT2D eigenvalue weighted by Gasteiger charge is -2.30. The third-order valence-electron chi connectivity index (χ3n) is 4.97. The summed E-state index contributed by atoms with van der Waals surface area (Å²) in [6.45, 7) is 2.65. The number of aromatic nitrogens is 1. The van der Waals surface area contributed by atoms with Crippen LogP contribution in [0, 0.1) is 12.8 Å². The number of carbonyl (C=O) groups excluding carboxylic acids is 2. The highest BCUT2D eigenvalue weighted by atomic mass is 32.1. The van der Waals surface area contributed by atoms with Gasteiger partial charge < -0.3 is 9.64 Å². The molecule has 0 bridgehead atoms. The smallest absolute Gasteiger partial charge is 0.307 e. The molecule has 0 unspecified atom stereocenters. The van der Waals surface area contributed by atoms with E-state index in [0.29, 0.717) is 6.54 Å². The molecular weight excluding hydrogens is 300 g/mol. The summed E-state index contributed by atoms with van der Waals surface area (Å²) < 4.78 is 5.57. The third-order valence-corrected chi connectivity index (χ3v) is 5.96. The van der Waals surface area contributed by atoms with E-state index in [1.54, 1.807) is 16.2 Å². The molecule has 22 heavy (non-hydrogen) atoms. The van der Waals surface area contributed by atoms with Gasteiger partial charge >= 0.3 is 5.97 Å². The van der Waals surface area contributed by atoms with Crippen LogP contribution in [0.1, 0.15) is 42.7 Å². The molecule has 1 aliphatic heterocycles. The van der Waals surface area contributed by atoms with Gasteiger partial charge in [-0.25, -0.2) is 4.98 Å². The molecule has 120 valence electrons. The van der Waals surface area contributed by atoms with Crippen LogP contribution in [0.5, 0.6) is 0 Å². The van der Waals surface area contributed by atoms with Gasteiger partial charge in [-0.2, -0.15) is 0 Å². The Morgan fingerprint density at radius 2 is 2.23 bits per heavy atom. The zero-order chi connectivity index (χ0) is 15.7. The lowest BCUT2D eigenvalue weighted by Crippen LogP contribution is -2.44. The predicted octanol–water partition coefficient (Wildman–Crippen LogP) is 2.33. The van der Waals surface area contributed by atoms with Gasteiger partial charge in [-0.15, -0.1) is 11.3 Å². The first-order valence-corrected chi connectivity index (χ1v) is 8.75. The van der Waals surface area contributed by atoms with E-state index < -0.39 is 5.60 Å². The summed E-state index contributed by atoms with van der Waals surface area (Å²) in [5, 5.41) is 0. The Kier molecular flexibility index (Phi) is 4.21. The number of nitrogens with zero attached hydrogens (tertiary/aromatic N) is 2. The average Bonchev–Trinajstić information content (AvgIpc) is 3.18. The zero-order valence-corrected chi connectivity index (χ0v) is 13.9. The molecule has 0 aromatic carbocycles. The highest BCUT2D eigenvalue weighted by Crippen LogP contribution is 2.46. The number of aryl methyl sites for hydroxylation is 1. The highest BCUT2D eigenvalue weighted by molar-refractivity contribution is 7.09. The van der Waals surface area contributed by atoms with Gasteiger partial charge in [-0.3, -0.25) is 9.59 Å². The van der Waals surface area contributed by atoms with Gasteiger partial charge in [0.05, 0.1) is 23.5 Å². The van der Waals surface area contributed by atoms with Crippen molar-refractivity contribution in [2.75, 3.05) is 13.6 Å². The van der Waals surface area contributed by atoms with Crippen LogP contribution in [0.25, 0.3) is 0 Å². The number of hydrogen-bond donors (Lipinski definition) is 0. The van der Waals surface area contributed by atoms with Crippen molar-refractivity contribution in [1.82, 2.24) is 9.88 Å². The monoisotopic (exact) mass is 322 g/mol. The fraction of sp³-hybridized carbons (Fsp3) is 0.688. The summed E-state index contributed by atoms with van der Waals surface area (Å²) in [6.07, 6.45) is 4.80. The van der Waals surface area contributed by atoms with E-state index >= 15 is 0 Å². The van der Waals surface area contributed by atoms with Crippen LogP contribution in [0.4, 0.5) is 0 Å². The fourth-order valence-corrected chi connectivity index (χ4v) is 4.41. The van der Waals surface area contributed by atoms with Crippen LogP contribution in [0.3, 0.4) is 0 Å². The molecule has 1 aromatic rings. The summed E-state index contributed by atoms with van der Waals surface area (Å²) in [5.41, 5.74) is 2.37. The molecule has 1 aromatic heterocycles. The average molecular weight is 322 g/mol. The molecule has 0 radical (unpaired) electrons. The summed E-state index contributed by atoms with van der Waals surface area (Å²) in [6, 6.07) is 0. The quantitative estimate of drug-likeness (QED) is 0.798. The van der Waals surface area contributed by atoms with Crippen molar-refractivity contribution in [3.05, 3.63) is 16.1 Å². The van der Waals surface area contributed by atoms with Crippen LogP contribution < -0.4 is 0 Å². The number of carbonyl (C=O) groups is 2. The maximum absolute atomic E-state index is 12.8. The summed E-state index contributed by atoms with van der Waals surface area (Å²) in [4.78, 5) is 31.7. The lowest BCUT2D eigenvalue weighted by molar-refractivity contribution is -0.151. The molecule has 3 rings (SSSR count). The van der Waals surface area contributed by atoms with Gasteiger partial charge in [-0.1, -0.05) is 0 Å². The standard InChI is InChI=1S/C16H22N2O3S/c1-11-13(22-10-17-11)5-8-18(2)15(20)12-9-14(19)21-16(12)6-3-4-7-16/h10,12H,3-9H2,1-2H3/t12-/m0/s1. The Balaban J connectivity index is 1.65. The Hall–Kier alpha value is -1.43. The molecule has 5 nitrogen and oxygen atoms in total. The largest absolute Gasteiger partial charge is 0.458 e. The molecule has 6 heteroatoms. The minimum atomic E-state index is -0.511. The van der Waals surface area contributed by atoms with Crippen LogP contribution in [-0.2, 0) is 20.7 Å². The molecule has 2 fully saturated rings. The number of esters is 1. The van der Waals surface area contributed by atoms with E-state index in [4.69, 9.17) is 4.74 Å². The number of thiazole rings is 1. The SMILES string of the molecule is Cc1ncsc1CCN(C)C(=O)[C@@H]1CC(=O)OC12CCCC2. The minimum absolute atomic E-state index is 0.0509. The van der Waals surface area contributed by atoms with Crippen LogP contribution >= 0.6 is 11.3 Å². The van der Waals surface area contributed by atoms with Gasteiger partial charge in [0.2, 0.25) is 5.91 Å². The summed E-state index contributed by atoms with van der Waals surface area (Å²) >= 11 is 1.63. The van der Waals surface area contributed by atoms with Gasteiger partial charge in [0.15, 0.2) is 0 Å². The van der Waals surface area contributed by atoms with E-state index in [2.05, 4.69) is 4.98 Å². The van der Waals surface area contributed by atoms with Crippen molar-refractivity contribution in [1.29, 1.82) is 0 Å². The van der Waals surface area contributed by atoms with Crippen LogP contribution in [0.15, 0.2) is 5.51 Å². The molecule has 0 N–H and O–H groups in total. The molecule has 2 aliphatic rings. The minimum Gasteiger partial charge on any atom is -0.458 e.